The van der Waals surface area contributed by atoms with Crippen molar-refractivity contribution in [3.63, 3.8) is 0 Å². The number of likely N-dealkylation sites (N-methyl/N-ethyl adjacent to an activating group) is 1. The van der Waals surface area contributed by atoms with Crippen LogP contribution in [0.4, 0.5) is 0 Å². The van der Waals surface area contributed by atoms with Crippen LogP contribution in [0, 0.1) is 5.92 Å². The molecule has 0 amide bonds. The summed E-state index contributed by atoms with van der Waals surface area (Å²) in [5.74, 6) is 0.891. The van der Waals surface area contributed by atoms with Crippen molar-refractivity contribution in [3.05, 3.63) is 0 Å². The summed E-state index contributed by atoms with van der Waals surface area (Å²) in [6, 6.07) is 1.44. The Labute approximate surface area is 95.4 Å². The zero-order valence-electron chi connectivity index (χ0n) is 10.9. The Hall–Kier alpha value is -0.0800. The zero-order valence-corrected chi connectivity index (χ0v) is 10.9. The second-order valence-corrected chi connectivity index (χ2v) is 5.42. The van der Waals surface area contributed by atoms with E-state index in [9.17, 15) is 0 Å². The van der Waals surface area contributed by atoms with Crippen molar-refractivity contribution in [1.29, 1.82) is 0 Å². The molecular formula is C13H28N2. The third kappa shape index (κ3) is 4.52. The first-order valence-electron chi connectivity index (χ1n) is 6.55. The van der Waals surface area contributed by atoms with Gasteiger partial charge in [0, 0.05) is 25.2 Å². The fraction of sp³-hybridized carbons (Fsp3) is 1.00. The lowest BCUT2D eigenvalue weighted by molar-refractivity contribution is 0.139. The first-order chi connectivity index (χ1) is 7.11. The molecule has 2 heteroatoms. The lowest BCUT2D eigenvalue weighted by Gasteiger charge is -2.36. The van der Waals surface area contributed by atoms with Gasteiger partial charge in [-0.3, -0.25) is 0 Å². The molecule has 0 saturated heterocycles. The fourth-order valence-electron chi connectivity index (χ4n) is 2.65. The minimum Gasteiger partial charge on any atom is -0.313 e. The van der Waals surface area contributed by atoms with Crippen LogP contribution in [-0.4, -0.2) is 37.1 Å². The molecule has 0 aromatic carbocycles. The van der Waals surface area contributed by atoms with Crippen molar-refractivity contribution in [2.45, 2.75) is 58.5 Å². The Morgan fingerprint density at radius 3 is 2.53 bits per heavy atom. The summed E-state index contributed by atoms with van der Waals surface area (Å²) in [7, 11) is 2.29. The number of hydrogen-bond acceptors (Lipinski definition) is 2. The minimum atomic E-state index is 0.613. The van der Waals surface area contributed by atoms with Gasteiger partial charge in [0.15, 0.2) is 0 Å². The van der Waals surface area contributed by atoms with E-state index in [2.05, 4.69) is 38.0 Å². The summed E-state index contributed by atoms with van der Waals surface area (Å²) >= 11 is 0. The van der Waals surface area contributed by atoms with E-state index in [4.69, 9.17) is 0 Å². The van der Waals surface area contributed by atoms with Crippen molar-refractivity contribution in [2.24, 2.45) is 5.92 Å². The van der Waals surface area contributed by atoms with Gasteiger partial charge in [-0.2, -0.15) is 0 Å². The molecule has 90 valence electrons. The Kier molecular flexibility index (Phi) is 5.62. The third-order valence-corrected chi connectivity index (χ3v) is 3.65. The van der Waals surface area contributed by atoms with Gasteiger partial charge in [0.1, 0.15) is 0 Å². The van der Waals surface area contributed by atoms with Crippen LogP contribution >= 0.6 is 0 Å². The van der Waals surface area contributed by atoms with E-state index in [1.165, 1.54) is 32.2 Å². The number of rotatable bonds is 5. The second kappa shape index (κ2) is 6.49. The Bertz CT molecular complexity index is 168. The van der Waals surface area contributed by atoms with Gasteiger partial charge in [0.05, 0.1) is 0 Å². The van der Waals surface area contributed by atoms with E-state index < -0.39 is 0 Å². The molecule has 0 aromatic heterocycles. The summed E-state index contributed by atoms with van der Waals surface area (Å²) < 4.78 is 0. The monoisotopic (exact) mass is 212 g/mol. The van der Waals surface area contributed by atoms with Gasteiger partial charge >= 0.3 is 0 Å². The summed E-state index contributed by atoms with van der Waals surface area (Å²) in [5, 5.41) is 3.49. The number of hydrogen-bond donors (Lipinski definition) is 1. The molecule has 2 unspecified atom stereocenters. The Morgan fingerprint density at radius 1 is 1.27 bits per heavy atom. The predicted octanol–water partition coefficient (Wildman–Crippen LogP) is 2.49. The first kappa shape index (κ1) is 13.0. The van der Waals surface area contributed by atoms with Gasteiger partial charge in [0.2, 0.25) is 0 Å². The summed E-state index contributed by atoms with van der Waals surface area (Å²) in [4.78, 5) is 2.55. The van der Waals surface area contributed by atoms with Crippen LogP contribution in [0.2, 0.25) is 0 Å². The molecule has 0 aromatic rings. The van der Waals surface area contributed by atoms with E-state index in [1.54, 1.807) is 0 Å². The molecule has 1 aliphatic rings. The average Bonchev–Trinajstić information content (AvgIpc) is 2.17. The average molecular weight is 212 g/mol. The summed E-state index contributed by atoms with van der Waals surface area (Å²) in [6.45, 7) is 9.15. The maximum Gasteiger partial charge on any atom is 0.0118 e. The molecule has 2 nitrogen and oxygen atoms in total. The van der Waals surface area contributed by atoms with Gasteiger partial charge in [-0.25, -0.2) is 0 Å². The number of nitrogens with one attached hydrogen (secondary N) is 1. The lowest BCUT2D eigenvalue weighted by atomic mass is 9.85. The quantitative estimate of drug-likeness (QED) is 0.753. The van der Waals surface area contributed by atoms with Gasteiger partial charge in [-0.15, -0.1) is 0 Å². The summed E-state index contributed by atoms with van der Waals surface area (Å²) in [6.07, 6.45) is 5.69. The standard InChI is InChI=1S/C13H28N2/c1-11(2)14-9-10-15(4)13-8-6-5-7-12(13)3/h11-14H,5-10H2,1-4H3. The van der Waals surface area contributed by atoms with Crippen LogP contribution < -0.4 is 5.32 Å². The van der Waals surface area contributed by atoms with Gasteiger partial charge in [-0.05, 0) is 25.8 Å². The highest BCUT2D eigenvalue weighted by molar-refractivity contribution is 4.79. The second-order valence-electron chi connectivity index (χ2n) is 5.42. The van der Waals surface area contributed by atoms with E-state index >= 15 is 0 Å². The first-order valence-corrected chi connectivity index (χ1v) is 6.55. The molecule has 15 heavy (non-hydrogen) atoms. The molecule has 1 N–H and O–H groups in total. The fourth-order valence-corrected chi connectivity index (χ4v) is 2.65. The zero-order chi connectivity index (χ0) is 11.3. The molecule has 1 rings (SSSR count). The Balaban J connectivity index is 2.22. The molecule has 0 aliphatic heterocycles. The van der Waals surface area contributed by atoms with Gasteiger partial charge < -0.3 is 10.2 Å². The van der Waals surface area contributed by atoms with Gasteiger partial charge in [-0.1, -0.05) is 33.6 Å². The normalized spacial score (nSPS) is 27.6. The highest BCUT2D eigenvalue weighted by atomic mass is 15.1. The molecule has 0 radical (unpaired) electrons. The maximum atomic E-state index is 3.49. The van der Waals surface area contributed by atoms with Crippen LogP contribution in [0.1, 0.15) is 46.5 Å². The van der Waals surface area contributed by atoms with E-state index in [0.29, 0.717) is 6.04 Å². The van der Waals surface area contributed by atoms with Crippen LogP contribution in [0.5, 0.6) is 0 Å². The van der Waals surface area contributed by atoms with Gasteiger partial charge in [0.25, 0.3) is 0 Å². The van der Waals surface area contributed by atoms with Crippen molar-refractivity contribution in [2.75, 3.05) is 20.1 Å². The summed E-state index contributed by atoms with van der Waals surface area (Å²) in [5.41, 5.74) is 0. The van der Waals surface area contributed by atoms with E-state index in [-0.39, 0.29) is 0 Å². The van der Waals surface area contributed by atoms with E-state index in [0.717, 1.165) is 18.5 Å². The maximum absolute atomic E-state index is 3.49. The van der Waals surface area contributed by atoms with Crippen molar-refractivity contribution < 1.29 is 0 Å². The molecular weight excluding hydrogens is 184 g/mol. The van der Waals surface area contributed by atoms with Crippen LogP contribution in [0.15, 0.2) is 0 Å². The molecule has 1 saturated carbocycles. The SMILES string of the molecule is CC(C)NCCN(C)C1CCCCC1C. The molecule has 0 bridgehead atoms. The molecule has 0 spiro atoms. The van der Waals surface area contributed by atoms with E-state index in [1.807, 2.05) is 0 Å². The number of nitrogens with zero attached hydrogens (tertiary/aromatic N) is 1. The molecule has 1 fully saturated rings. The molecule has 1 aliphatic carbocycles. The smallest absolute Gasteiger partial charge is 0.0118 e. The lowest BCUT2D eigenvalue weighted by Crippen LogP contribution is -2.42. The van der Waals surface area contributed by atoms with Crippen molar-refractivity contribution in [3.8, 4) is 0 Å². The predicted molar refractivity (Wildman–Crippen MR) is 67.2 cm³/mol. The third-order valence-electron chi connectivity index (χ3n) is 3.65. The Morgan fingerprint density at radius 2 is 1.93 bits per heavy atom. The van der Waals surface area contributed by atoms with Crippen molar-refractivity contribution in [1.82, 2.24) is 10.2 Å². The largest absolute Gasteiger partial charge is 0.313 e. The minimum absolute atomic E-state index is 0.613. The molecule has 2 atom stereocenters. The van der Waals surface area contributed by atoms with Crippen molar-refractivity contribution >= 4 is 0 Å². The topological polar surface area (TPSA) is 15.3 Å². The molecule has 0 heterocycles. The highest BCUT2D eigenvalue weighted by Gasteiger charge is 2.24. The van der Waals surface area contributed by atoms with Crippen LogP contribution in [-0.2, 0) is 0 Å². The highest BCUT2D eigenvalue weighted by Crippen LogP contribution is 2.26. The van der Waals surface area contributed by atoms with Crippen LogP contribution in [0.25, 0.3) is 0 Å². The van der Waals surface area contributed by atoms with Crippen LogP contribution in [0.3, 0.4) is 0 Å².